The first-order chi connectivity index (χ1) is 13.5. The molecule has 1 atom stereocenters. The third-order valence-electron chi connectivity index (χ3n) is 4.88. The lowest BCUT2D eigenvalue weighted by Crippen LogP contribution is -2.26. The van der Waals surface area contributed by atoms with Crippen molar-refractivity contribution in [3.05, 3.63) is 72.9 Å². The average molecular weight is 413 g/mol. The van der Waals surface area contributed by atoms with Crippen LogP contribution in [0.1, 0.15) is 43.6 Å². The number of hydrogen-bond donors (Lipinski definition) is 3. The van der Waals surface area contributed by atoms with E-state index in [0.29, 0.717) is 27.1 Å². The number of benzene rings is 1. The molecule has 2 aromatic heterocycles. The van der Waals surface area contributed by atoms with Gasteiger partial charge in [-0.25, -0.2) is 0 Å². The molecule has 0 radical (unpaired) electrons. The molecule has 3 aromatic rings. The molecule has 0 unspecified atom stereocenters. The Balaban J connectivity index is 2.03. The number of nitrogens with zero attached hydrogens (tertiary/aromatic N) is 2. The highest BCUT2D eigenvalue weighted by atomic mass is 35.5. The van der Waals surface area contributed by atoms with Crippen LogP contribution in [0, 0.1) is 11.3 Å². The summed E-state index contributed by atoms with van der Waals surface area (Å²) in [7, 11) is 1.52. The van der Waals surface area contributed by atoms with Crippen LogP contribution in [-0.2, 0) is 12.6 Å². The van der Waals surface area contributed by atoms with E-state index in [2.05, 4.69) is 10.3 Å². The molecule has 0 aliphatic rings. The zero-order chi connectivity index (χ0) is 21.5. The molecule has 0 spiro atoms. The Kier molecular flexibility index (Phi) is 5.26. The predicted octanol–water partition coefficient (Wildman–Crippen LogP) is 3.15. The second-order valence-electron chi connectivity index (χ2n) is 7.51. The molecule has 0 aliphatic heterocycles. The summed E-state index contributed by atoms with van der Waals surface area (Å²) in [5, 5.41) is 23.4. The number of hydrogen-bond acceptors (Lipinski definition) is 5. The fourth-order valence-electron chi connectivity index (χ4n) is 3.20. The molecule has 8 heteroatoms. The standard InChI is InChI=1S/C21H21ClN4O3/c1-11(24-17-6-5-13(10-23)26(4)20(17)28)14-7-12-8-16(22)15(21(2,3)29)9-18(12)25-19(14)27/h5-9,11,24,29H,1-4H3,(H,25,27)/t11-/m0/s1. The second kappa shape index (κ2) is 7.39. The largest absolute Gasteiger partial charge is 0.386 e. The summed E-state index contributed by atoms with van der Waals surface area (Å²) in [6.07, 6.45) is 0. The van der Waals surface area contributed by atoms with Gasteiger partial charge in [0, 0.05) is 34.1 Å². The first-order valence-corrected chi connectivity index (χ1v) is 9.36. The van der Waals surface area contributed by atoms with E-state index in [1.807, 2.05) is 6.07 Å². The van der Waals surface area contributed by atoms with Crippen LogP contribution in [0.15, 0.2) is 39.9 Å². The third kappa shape index (κ3) is 3.90. The number of aromatic nitrogens is 2. The van der Waals surface area contributed by atoms with Gasteiger partial charge < -0.3 is 20.0 Å². The van der Waals surface area contributed by atoms with Crippen LogP contribution < -0.4 is 16.4 Å². The molecule has 0 bridgehead atoms. The van der Waals surface area contributed by atoms with Crippen LogP contribution in [0.3, 0.4) is 0 Å². The van der Waals surface area contributed by atoms with E-state index >= 15 is 0 Å². The predicted molar refractivity (Wildman–Crippen MR) is 113 cm³/mol. The summed E-state index contributed by atoms with van der Waals surface area (Å²) >= 11 is 6.32. The van der Waals surface area contributed by atoms with Crippen molar-refractivity contribution >= 4 is 28.2 Å². The molecule has 0 amide bonds. The minimum atomic E-state index is -1.15. The van der Waals surface area contributed by atoms with Crippen LogP contribution in [0.4, 0.5) is 5.69 Å². The molecule has 150 valence electrons. The van der Waals surface area contributed by atoms with E-state index in [1.165, 1.54) is 17.7 Å². The highest BCUT2D eigenvalue weighted by molar-refractivity contribution is 6.32. The molecule has 1 aromatic carbocycles. The van der Waals surface area contributed by atoms with Crippen molar-refractivity contribution in [2.45, 2.75) is 32.4 Å². The van der Waals surface area contributed by atoms with Gasteiger partial charge in [-0.2, -0.15) is 5.26 Å². The van der Waals surface area contributed by atoms with Crippen LogP contribution in [0.25, 0.3) is 10.9 Å². The number of halogens is 1. The smallest absolute Gasteiger partial charge is 0.274 e. The Morgan fingerprint density at radius 3 is 2.59 bits per heavy atom. The fraction of sp³-hybridized carbons (Fsp3) is 0.286. The van der Waals surface area contributed by atoms with Gasteiger partial charge in [0.25, 0.3) is 11.1 Å². The van der Waals surface area contributed by atoms with Crippen LogP contribution in [-0.4, -0.2) is 14.7 Å². The lowest BCUT2D eigenvalue weighted by Gasteiger charge is -2.20. The summed E-state index contributed by atoms with van der Waals surface area (Å²) in [4.78, 5) is 27.9. The maximum atomic E-state index is 12.6. The Hall–Kier alpha value is -3.08. The monoisotopic (exact) mass is 412 g/mol. The van der Waals surface area contributed by atoms with Gasteiger partial charge in [0.15, 0.2) is 0 Å². The number of pyridine rings is 2. The number of nitriles is 1. The molecule has 2 heterocycles. The third-order valence-corrected chi connectivity index (χ3v) is 5.19. The zero-order valence-corrected chi connectivity index (χ0v) is 17.3. The van der Waals surface area contributed by atoms with E-state index in [-0.39, 0.29) is 22.5 Å². The molecular formula is C21H21ClN4O3. The summed E-state index contributed by atoms with van der Waals surface area (Å²) in [5.41, 5.74) is 0.214. The van der Waals surface area contributed by atoms with Gasteiger partial charge >= 0.3 is 0 Å². The van der Waals surface area contributed by atoms with E-state index in [0.717, 1.165) is 0 Å². The number of anilines is 1. The summed E-state index contributed by atoms with van der Waals surface area (Å²) in [6.45, 7) is 5.01. The SMILES string of the molecule is C[C@H](Nc1ccc(C#N)n(C)c1=O)c1cc2cc(Cl)c(C(C)(C)O)cc2[nH]c1=O. The molecule has 0 saturated heterocycles. The Morgan fingerprint density at radius 2 is 1.97 bits per heavy atom. The van der Waals surface area contributed by atoms with Crippen molar-refractivity contribution in [1.82, 2.24) is 9.55 Å². The first kappa shape index (κ1) is 20.6. The number of nitrogens with one attached hydrogen (secondary N) is 2. The van der Waals surface area contributed by atoms with Crippen molar-refractivity contribution in [3.8, 4) is 6.07 Å². The highest BCUT2D eigenvalue weighted by Gasteiger charge is 2.21. The van der Waals surface area contributed by atoms with Crippen LogP contribution in [0.2, 0.25) is 5.02 Å². The molecule has 0 saturated carbocycles. The lowest BCUT2D eigenvalue weighted by atomic mass is 9.96. The number of aliphatic hydroxyl groups is 1. The number of fused-ring (bicyclic) bond motifs is 1. The second-order valence-corrected chi connectivity index (χ2v) is 7.91. The molecular weight excluding hydrogens is 392 g/mol. The Bertz CT molecular complexity index is 1260. The molecule has 7 nitrogen and oxygen atoms in total. The minimum absolute atomic E-state index is 0.244. The van der Waals surface area contributed by atoms with E-state index in [4.69, 9.17) is 16.9 Å². The molecule has 29 heavy (non-hydrogen) atoms. The Morgan fingerprint density at radius 1 is 1.28 bits per heavy atom. The minimum Gasteiger partial charge on any atom is -0.386 e. The van der Waals surface area contributed by atoms with Gasteiger partial charge in [-0.1, -0.05) is 11.6 Å². The van der Waals surface area contributed by atoms with Crippen molar-refractivity contribution < 1.29 is 5.11 Å². The van der Waals surface area contributed by atoms with Crippen LogP contribution in [0.5, 0.6) is 0 Å². The fourth-order valence-corrected chi connectivity index (χ4v) is 3.61. The van der Waals surface area contributed by atoms with Gasteiger partial charge in [-0.15, -0.1) is 0 Å². The quantitative estimate of drug-likeness (QED) is 0.609. The van der Waals surface area contributed by atoms with Gasteiger partial charge in [0.1, 0.15) is 17.5 Å². The van der Waals surface area contributed by atoms with Crippen molar-refractivity contribution in [3.63, 3.8) is 0 Å². The van der Waals surface area contributed by atoms with E-state index in [9.17, 15) is 14.7 Å². The average Bonchev–Trinajstić information content (AvgIpc) is 2.64. The Labute approximate surface area is 172 Å². The van der Waals surface area contributed by atoms with Crippen LogP contribution >= 0.6 is 11.6 Å². The summed E-state index contributed by atoms with van der Waals surface area (Å²) in [6, 6.07) is 9.60. The van der Waals surface area contributed by atoms with Gasteiger partial charge in [-0.05, 0) is 51.1 Å². The lowest BCUT2D eigenvalue weighted by molar-refractivity contribution is 0.0788. The van der Waals surface area contributed by atoms with Gasteiger partial charge in [-0.3, -0.25) is 9.59 Å². The van der Waals surface area contributed by atoms with E-state index in [1.54, 1.807) is 45.0 Å². The molecule has 0 fully saturated rings. The maximum absolute atomic E-state index is 12.6. The van der Waals surface area contributed by atoms with E-state index < -0.39 is 11.6 Å². The zero-order valence-electron chi connectivity index (χ0n) is 16.5. The molecule has 0 aliphatic carbocycles. The molecule has 3 N–H and O–H groups in total. The number of aromatic amines is 1. The topological polar surface area (TPSA) is 111 Å². The summed E-state index contributed by atoms with van der Waals surface area (Å²) < 4.78 is 1.25. The first-order valence-electron chi connectivity index (χ1n) is 8.99. The maximum Gasteiger partial charge on any atom is 0.274 e. The number of rotatable bonds is 4. The van der Waals surface area contributed by atoms with Crippen molar-refractivity contribution in [2.24, 2.45) is 7.05 Å². The normalized spacial score (nSPS) is 12.6. The van der Waals surface area contributed by atoms with Gasteiger partial charge in [0.2, 0.25) is 0 Å². The van der Waals surface area contributed by atoms with Gasteiger partial charge in [0.05, 0.1) is 11.6 Å². The number of H-pyrrole nitrogens is 1. The van der Waals surface area contributed by atoms with Crippen molar-refractivity contribution in [2.75, 3.05) is 5.32 Å². The van der Waals surface area contributed by atoms with Crippen molar-refractivity contribution in [1.29, 1.82) is 5.26 Å². The summed E-state index contributed by atoms with van der Waals surface area (Å²) in [5.74, 6) is 0. The highest BCUT2D eigenvalue weighted by Crippen LogP contribution is 2.31. The molecule has 3 rings (SSSR count).